The molecule has 1 heterocycles. The Hall–Kier alpha value is -2.37. The second kappa shape index (κ2) is 4.48. The van der Waals surface area contributed by atoms with Gasteiger partial charge in [-0.1, -0.05) is 11.6 Å². The summed E-state index contributed by atoms with van der Waals surface area (Å²) in [6.07, 6.45) is 0. The Kier molecular flexibility index (Phi) is 3.01. The summed E-state index contributed by atoms with van der Waals surface area (Å²) in [5.41, 5.74) is 6.66. The van der Waals surface area contributed by atoms with Gasteiger partial charge in [0.25, 0.3) is 11.8 Å². The van der Waals surface area contributed by atoms with Crippen LogP contribution in [0, 0.1) is 6.92 Å². The van der Waals surface area contributed by atoms with Crippen molar-refractivity contribution in [1.29, 1.82) is 0 Å². The van der Waals surface area contributed by atoms with Gasteiger partial charge in [-0.2, -0.15) is 0 Å². The molecule has 1 aromatic carbocycles. The summed E-state index contributed by atoms with van der Waals surface area (Å²) in [5, 5.41) is 2.34. The molecule has 0 saturated carbocycles. The van der Waals surface area contributed by atoms with E-state index in [9.17, 15) is 14.4 Å². The number of carbonyl (C=O) groups excluding carboxylic acids is 3. The van der Waals surface area contributed by atoms with Crippen LogP contribution in [0.5, 0.6) is 0 Å². The molecule has 1 aliphatic rings. The topological polar surface area (TPSA) is 92.5 Å². The highest BCUT2D eigenvalue weighted by Gasteiger charge is 2.34. The zero-order chi connectivity index (χ0) is 13.3. The van der Waals surface area contributed by atoms with E-state index in [0.29, 0.717) is 11.1 Å². The molecule has 1 aliphatic heterocycles. The molecule has 4 amide bonds. The third-order valence-electron chi connectivity index (χ3n) is 2.76. The van der Waals surface area contributed by atoms with Crippen molar-refractivity contribution in [2.24, 2.45) is 5.73 Å². The Balaban J connectivity index is 2.15. The number of nitrogens with zero attached hydrogens (tertiary/aromatic N) is 1. The van der Waals surface area contributed by atoms with Gasteiger partial charge in [-0.05, 0) is 19.1 Å². The number of primary amides is 1. The largest absolute Gasteiger partial charge is 0.352 e. The van der Waals surface area contributed by atoms with Crippen molar-refractivity contribution in [2.45, 2.75) is 6.92 Å². The van der Waals surface area contributed by atoms with Crippen LogP contribution in [-0.2, 0) is 0 Å². The monoisotopic (exact) mass is 247 g/mol. The molecule has 18 heavy (non-hydrogen) atoms. The van der Waals surface area contributed by atoms with E-state index in [1.165, 1.54) is 0 Å². The first-order chi connectivity index (χ1) is 8.50. The van der Waals surface area contributed by atoms with Crippen LogP contribution < -0.4 is 11.1 Å². The number of amides is 4. The van der Waals surface area contributed by atoms with Crippen molar-refractivity contribution in [3.05, 3.63) is 34.9 Å². The number of hydrogen-bond acceptors (Lipinski definition) is 3. The molecule has 0 spiro atoms. The lowest BCUT2D eigenvalue weighted by Crippen LogP contribution is -2.39. The summed E-state index contributed by atoms with van der Waals surface area (Å²) in [4.78, 5) is 35.6. The minimum Gasteiger partial charge on any atom is -0.352 e. The lowest BCUT2D eigenvalue weighted by atomic mass is 10.1. The molecule has 0 fully saturated rings. The molecule has 0 unspecified atom stereocenters. The fourth-order valence-corrected chi connectivity index (χ4v) is 1.90. The number of nitrogens with one attached hydrogen (secondary N) is 1. The van der Waals surface area contributed by atoms with E-state index >= 15 is 0 Å². The fraction of sp³-hybridized carbons (Fsp3) is 0.250. The van der Waals surface area contributed by atoms with Crippen LogP contribution in [0.1, 0.15) is 26.3 Å². The van der Waals surface area contributed by atoms with Crippen LogP contribution in [0.2, 0.25) is 0 Å². The predicted octanol–water partition coefficient (Wildman–Crippen LogP) is 0.259. The number of benzene rings is 1. The number of nitrogens with two attached hydrogens (primary N) is 1. The molecule has 2 rings (SSSR count). The first-order valence-corrected chi connectivity index (χ1v) is 5.51. The van der Waals surface area contributed by atoms with Crippen LogP contribution in [0.4, 0.5) is 4.79 Å². The van der Waals surface area contributed by atoms with E-state index < -0.39 is 6.03 Å². The molecule has 6 nitrogen and oxygen atoms in total. The average Bonchev–Trinajstić information content (AvgIpc) is 2.53. The SMILES string of the molecule is Cc1ccc2c(c1)C(=O)N(CCNC(N)=O)C2=O. The molecule has 1 aromatic rings. The van der Waals surface area contributed by atoms with E-state index in [1.54, 1.807) is 18.2 Å². The molecule has 0 saturated heterocycles. The zero-order valence-corrected chi connectivity index (χ0v) is 9.90. The van der Waals surface area contributed by atoms with Crippen LogP contribution in [0.25, 0.3) is 0 Å². The van der Waals surface area contributed by atoms with Gasteiger partial charge < -0.3 is 11.1 Å². The summed E-state index contributed by atoms with van der Waals surface area (Å²) in [6, 6.07) is 4.45. The first-order valence-electron chi connectivity index (χ1n) is 5.51. The van der Waals surface area contributed by atoms with Gasteiger partial charge in [0.1, 0.15) is 0 Å². The lowest BCUT2D eigenvalue weighted by molar-refractivity contribution is 0.0656. The summed E-state index contributed by atoms with van der Waals surface area (Å²) < 4.78 is 0. The minimum absolute atomic E-state index is 0.119. The molecule has 0 radical (unpaired) electrons. The van der Waals surface area contributed by atoms with E-state index in [-0.39, 0.29) is 24.9 Å². The number of fused-ring (bicyclic) bond motifs is 1. The van der Waals surface area contributed by atoms with Crippen LogP contribution >= 0.6 is 0 Å². The third-order valence-corrected chi connectivity index (χ3v) is 2.76. The molecule has 94 valence electrons. The number of urea groups is 1. The summed E-state index contributed by atoms with van der Waals surface area (Å²) in [6.45, 7) is 2.13. The van der Waals surface area contributed by atoms with E-state index in [1.807, 2.05) is 6.92 Å². The Morgan fingerprint density at radius 1 is 1.28 bits per heavy atom. The Bertz CT molecular complexity index is 539. The van der Waals surface area contributed by atoms with Crippen LogP contribution in [-0.4, -0.2) is 35.8 Å². The quantitative estimate of drug-likeness (QED) is 0.750. The zero-order valence-electron chi connectivity index (χ0n) is 9.90. The molecular weight excluding hydrogens is 234 g/mol. The highest BCUT2D eigenvalue weighted by atomic mass is 16.2. The van der Waals surface area contributed by atoms with Gasteiger partial charge in [0.05, 0.1) is 11.1 Å². The molecule has 0 aliphatic carbocycles. The first kappa shape index (κ1) is 12.1. The van der Waals surface area contributed by atoms with Crippen LogP contribution in [0.15, 0.2) is 18.2 Å². The number of carbonyl (C=O) groups is 3. The van der Waals surface area contributed by atoms with Gasteiger partial charge >= 0.3 is 6.03 Å². The standard InChI is InChI=1S/C12H13N3O3/c1-7-2-3-8-9(6-7)11(17)15(10(8)16)5-4-14-12(13)18/h2-3,6H,4-5H2,1H3,(H3,13,14,18). The smallest absolute Gasteiger partial charge is 0.312 e. The van der Waals surface area contributed by atoms with Gasteiger partial charge in [0, 0.05) is 13.1 Å². The van der Waals surface area contributed by atoms with E-state index in [4.69, 9.17) is 5.73 Å². The molecule has 0 bridgehead atoms. The van der Waals surface area contributed by atoms with Crippen molar-refractivity contribution in [1.82, 2.24) is 10.2 Å². The maximum Gasteiger partial charge on any atom is 0.312 e. The second-order valence-corrected chi connectivity index (χ2v) is 4.10. The number of imide groups is 1. The highest BCUT2D eigenvalue weighted by molar-refractivity contribution is 6.21. The maximum absolute atomic E-state index is 12.0. The van der Waals surface area contributed by atoms with E-state index in [0.717, 1.165) is 10.5 Å². The lowest BCUT2D eigenvalue weighted by Gasteiger charge is -2.13. The molecule has 3 N–H and O–H groups in total. The van der Waals surface area contributed by atoms with E-state index in [2.05, 4.69) is 5.32 Å². The highest BCUT2D eigenvalue weighted by Crippen LogP contribution is 2.23. The summed E-state index contributed by atoms with van der Waals surface area (Å²) >= 11 is 0. The van der Waals surface area contributed by atoms with Gasteiger partial charge in [-0.15, -0.1) is 0 Å². The van der Waals surface area contributed by atoms with Gasteiger partial charge in [-0.25, -0.2) is 4.79 Å². The van der Waals surface area contributed by atoms with Gasteiger partial charge in [-0.3, -0.25) is 14.5 Å². The molecule has 0 aromatic heterocycles. The fourth-order valence-electron chi connectivity index (χ4n) is 1.90. The maximum atomic E-state index is 12.0. The summed E-state index contributed by atoms with van der Waals surface area (Å²) in [5.74, 6) is -0.661. The Morgan fingerprint density at radius 2 is 1.94 bits per heavy atom. The molecule has 0 atom stereocenters. The van der Waals surface area contributed by atoms with Crippen molar-refractivity contribution in [3.8, 4) is 0 Å². The van der Waals surface area contributed by atoms with Gasteiger partial charge in [0.2, 0.25) is 0 Å². The third kappa shape index (κ3) is 2.04. The van der Waals surface area contributed by atoms with Crippen molar-refractivity contribution in [2.75, 3.05) is 13.1 Å². The normalized spacial score (nSPS) is 13.7. The van der Waals surface area contributed by atoms with Crippen molar-refractivity contribution in [3.63, 3.8) is 0 Å². The second-order valence-electron chi connectivity index (χ2n) is 4.10. The Morgan fingerprint density at radius 3 is 2.61 bits per heavy atom. The predicted molar refractivity (Wildman–Crippen MR) is 64.1 cm³/mol. The number of hydrogen-bond donors (Lipinski definition) is 2. The number of aryl methyl sites for hydroxylation is 1. The van der Waals surface area contributed by atoms with Gasteiger partial charge in [0.15, 0.2) is 0 Å². The molecule has 6 heteroatoms. The average molecular weight is 247 g/mol. The van der Waals surface area contributed by atoms with Crippen molar-refractivity contribution >= 4 is 17.8 Å². The summed E-state index contributed by atoms with van der Waals surface area (Å²) in [7, 11) is 0. The number of rotatable bonds is 3. The Labute approximate surface area is 104 Å². The van der Waals surface area contributed by atoms with Crippen molar-refractivity contribution < 1.29 is 14.4 Å². The molecular formula is C12H13N3O3. The van der Waals surface area contributed by atoms with Crippen LogP contribution in [0.3, 0.4) is 0 Å². The minimum atomic E-state index is -0.678.